The van der Waals surface area contributed by atoms with Gasteiger partial charge in [-0.05, 0) is 35.2 Å². The Bertz CT molecular complexity index is 1520. The highest BCUT2D eigenvalue weighted by Crippen LogP contribution is 2.41. The fraction of sp³-hybridized carbons (Fsp3) is 0.214. The Morgan fingerprint density at radius 1 is 1.14 bits per heavy atom. The average molecular weight is 504 g/mol. The molecule has 0 amide bonds. The van der Waals surface area contributed by atoms with Gasteiger partial charge in [0.15, 0.2) is 17.2 Å². The molecule has 2 aromatic heterocycles. The molecule has 0 saturated carbocycles. The summed E-state index contributed by atoms with van der Waals surface area (Å²) in [5, 5.41) is 8.12. The number of methoxy groups -OCH3 is 1. The van der Waals surface area contributed by atoms with Crippen LogP contribution in [0, 0.1) is 11.6 Å². The summed E-state index contributed by atoms with van der Waals surface area (Å²) < 4.78 is 39.4. The first-order valence-electron chi connectivity index (χ1n) is 11.6. The second-order valence-electron chi connectivity index (χ2n) is 8.96. The number of esters is 1. The van der Waals surface area contributed by atoms with Crippen LogP contribution >= 0.6 is 0 Å². The zero-order valence-corrected chi connectivity index (χ0v) is 20.2. The molecule has 0 fully saturated rings. The minimum atomic E-state index is -0.820. The number of carbonyl (C=O) groups is 2. The van der Waals surface area contributed by atoms with Crippen LogP contribution < -0.4 is 0 Å². The van der Waals surface area contributed by atoms with Gasteiger partial charge in [0.25, 0.3) is 0 Å². The molecule has 2 atom stereocenters. The van der Waals surface area contributed by atoms with Gasteiger partial charge in [-0.15, -0.1) is 0 Å². The summed E-state index contributed by atoms with van der Waals surface area (Å²) in [5.41, 5.74) is 3.45. The molecule has 0 bridgehead atoms. The topological polar surface area (TPSA) is 87.2 Å². The van der Waals surface area contributed by atoms with Crippen molar-refractivity contribution in [3.63, 3.8) is 0 Å². The molecule has 2 heterocycles. The summed E-state index contributed by atoms with van der Waals surface area (Å²) in [6.45, 7) is 0. The predicted molar refractivity (Wildman–Crippen MR) is 130 cm³/mol. The van der Waals surface area contributed by atoms with E-state index in [1.165, 1.54) is 19.2 Å². The van der Waals surface area contributed by atoms with Gasteiger partial charge in [-0.3, -0.25) is 14.3 Å². The van der Waals surface area contributed by atoms with Crippen LogP contribution in [0.2, 0.25) is 0 Å². The maximum Gasteiger partial charge on any atom is 0.317 e. The van der Waals surface area contributed by atoms with Gasteiger partial charge in [0.2, 0.25) is 0 Å². The summed E-state index contributed by atoms with van der Waals surface area (Å²) >= 11 is 0. The smallest absolute Gasteiger partial charge is 0.317 e. The van der Waals surface area contributed by atoms with E-state index in [1.54, 1.807) is 17.0 Å². The van der Waals surface area contributed by atoms with Crippen LogP contribution in [0.25, 0.3) is 11.3 Å². The van der Waals surface area contributed by atoms with Gasteiger partial charge in [-0.1, -0.05) is 41.1 Å². The number of hydrogen-bond acceptors (Lipinski definition) is 6. The van der Waals surface area contributed by atoms with E-state index < -0.39 is 23.5 Å². The molecule has 0 radical (unpaired) electrons. The maximum absolute atomic E-state index is 14.2. The lowest BCUT2D eigenvalue weighted by Crippen LogP contribution is -2.14. The van der Waals surface area contributed by atoms with E-state index in [0.717, 1.165) is 34.4 Å². The van der Waals surface area contributed by atoms with E-state index in [0.29, 0.717) is 6.42 Å². The third kappa shape index (κ3) is 4.84. The minimum absolute atomic E-state index is 0.000483. The van der Waals surface area contributed by atoms with E-state index >= 15 is 0 Å². The highest BCUT2D eigenvalue weighted by Gasteiger charge is 2.32. The van der Waals surface area contributed by atoms with E-state index in [-0.39, 0.29) is 35.1 Å². The van der Waals surface area contributed by atoms with Gasteiger partial charge >= 0.3 is 5.97 Å². The van der Waals surface area contributed by atoms with E-state index in [9.17, 15) is 18.4 Å². The second-order valence-corrected chi connectivity index (χ2v) is 8.96. The van der Waals surface area contributed by atoms with Crippen molar-refractivity contribution in [2.24, 2.45) is 7.05 Å². The summed E-state index contributed by atoms with van der Waals surface area (Å²) in [7, 11) is 3.16. The van der Waals surface area contributed by atoms with Crippen LogP contribution in [0.4, 0.5) is 8.78 Å². The van der Waals surface area contributed by atoms with E-state index in [2.05, 4.69) is 10.3 Å². The molecule has 4 aromatic rings. The molecule has 37 heavy (non-hydrogen) atoms. The van der Waals surface area contributed by atoms with Gasteiger partial charge in [0.1, 0.15) is 17.6 Å². The number of aromatic nitrogens is 3. The van der Waals surface area contributed by atoms with Gasteiger partial charge in [-0.2, -0.15) is 5.10 Å². The molecule has 0 saturated heterocycles. The molecule has 9 heteroatoms. The number of nitrogens with zero attached hydrogens (tertiary/aromatic N) is 3. The number of hydrogen-bond donors (Lipinski definition) is 0. The fourth-order valence-electron chi connectivity index (χ4n) is 4.77. The van der Waals surface area contributed by atoms with Crippen molar-refractivity contribution in [2.45, 2.75) is 24.7 Å². The Morgan fingerprint density at radius 3 is 2.62 bits per heavy atom. The monoisotopic (exact) mass is 503 g/mol. The van der Waals surface area contributed by atoms with Crippen LogP contribution in [0.1, 0.15) is 51.9 Å². The maximum atomic E-state index is 14.2. The first-order chi connectivity index (χ1) is 17.8. The standard InChI is InChI=1S/C28H23F2N3O4/c1-33-15-17(14-31-33)22-9-16(10-23(28(35)36-2)20-6-4-3-5-19(20)22)11-26(34)25-13-27(37-32-25)21-8-7-18(29)12-24(21)30/h3-8,10,12-15,22-23H,9,11H2,1-2H3. The summed E-state index contributed by atoms with van der Waals surface area (Å²) in [6.07, 6.45) is 5.91. The molecule has 5 rings (SSSR count). The lowest BCUT2D eigenvalue weighted by molar-refractivity contribution is -0.141. The lowest BCUT2D eigenvalue weighted by atomic mass is 9.84. The largest absolute Gasteiger partial charge is 0.468 e. The molecule has 1 aliphatic carbocycles. The third-order valence-electron chi connectivity index (χ3n) is 6.54. The van der Waals surface area contributed by atoms with Crippen LogP contribution in [0.5, 0.6) is 0 Å². The lowest BCUT2D eigenvalue weighted by Gasteiger charge is -2.19. The molecular formula is C28H23F2N3O4. The van der Waals surface area contributed by atoms with Gasteiger partial charge in [0, 0.05) is 37.7 Å². The predicted octanol–water partition coefficient (Wildman–Crippen LogP) is 5.34. The van der Waals surface area contributed by atoms with Crippen LogP contribution in [-0.4, -0.2) is 33.8 Å². The number of allylic oxidation sites excluding steroid dienone is 1. The summed E-state index contributed by atoms with van der Waals surface area (Å²) in [6, 6.07) is 12.0. The molecule has 1 aliphatic rings. The number of ether oxygens (including phenoxy) is 1. The zero-order valence-electron chi connectivity index (χ0n) is 20.2. The second kappa shape index (κ2) is 9.93. The van der Waals surface area contributed by atoms with Crippen molar-refractivity contribution >= 4 is 11.8 Å². The third-order valence-corrected chi connectivity index (χ3v) is 6.54. The number of fused-ring (bicyclic) bond motifs is 1. The van der Waals surface area contributed by atoms with Crippen molar-refractivity contribution in [3.05, 3.63) is 107 Å². The van der Waals surface area contributed by atoms with Crippen molar-refractivity contribution < 1.29 is 27.6 Å². The number of carbonyl (C=O) groups excluding carboxylic acids is 2. The van der Waals surface area contributed by atoms with Gasteiger partial charge < -0.3 is 9.26 Å². The van der Waals surface area contributed by atoms with Gasteiger partial charge in [0.05, 0.1) is 18.9 Å². The summed E-state index contributed by atoms with van der Waals surface area (Å²) in [4.78, 5) is 26.0. The molecule has 2 aromatic carbocycles. The minimum Gasteiger partial charge on any atom is -0.468 e. The molecule has 0 spiro atoms. The Labute approximate surface area is 211 Å². The van der Waals surface area contributed by atoms with Crippen molar-refractivity contribution in [1.82, 2.24) is 14.9 Å². The highest BCUT2D eigenvalue weighted by molar-refractivity contribution is 5.96. The Balaban J connectivity index is 1.48. The number of aryl methyl sites for hydroxylation is 1. The quantitative estimate of drug-likeness (QED) is 0.200. The number of halogens is 2. The van der Waals surface area contributed by atoms with Crippen molar-refractivity contribution in [2.75, 3.05) is 7.11 Å². The van der Waals surface area contributed by atoms with Gasteiger partial charge in [-0.25, -0.2) is 8.78 Å². The number of rotatable bonds is 6. The molecule has 188 valence electrons. The fourth-order valence-corrected chi connectivity index (χ4v) is 4.77. The molecule has 0 N–H and O–H groups in total. The molecular weight excluding hydrogens is 480 g/mol. The van der Waals surface area contributed by atoms with Crippen LogP contribution in [-0.2, 0) is 16.6 Å². The van der Waals surface area contributed by atoms with Crippen LogP contribution in [0.15, 0.2) is 77.1 Å². The Hall–Kier alpha value is -4.40. The SMILES string of the molecule is COC(=O)C1C=C(CC(=O)c2cc(-c3ccc(F)cc3F)on2)CC(c2cnn(C)c2)c2ccccc21. The molecule has 0 aliphatic heterocycles. The highest BCUT2D eigenvalue weighted by atomic mass is 19.1. The molecule has 2 unspecified atom stereocenters. The Morgan fingerprint density at radius 2 is 1.92 bits per heavy atom. The number of Topliss-reactive ketones (excluding diaryl/α,β-unsaturated/α-hetero) is 1. The Kier molecular flexibility index (Phi) is 6.52. The van der Waals surface area contributed by atoms with Crippen molar-refractivity contribution in [3.8, 4) is 11.3 Å². The summed E-state index contributed by atoms with van der Waals surface area (Å²) in [5.74, 6) is -3.14. The average Bonchev–Trinajstić information content (AvgIpc) is 3.51. The first kappa shape index (κ1) is 24.3. The zero-order chi connectivity index (χ0) is 26.1. The van der Waals surface area contributed by atoms with E-state index in [1.807, 2.05) is 37.5 Å². The van der Waals surface area contributed by atoms with Crippen LogP contribution in [0.3, 0.4) is 0 Å². The number of ketones is 1. The first-order valence-corrected chi connectivity index (χ1v) is 11.6. The van der Waals surface area contributed by atoms with Crippen molar-refractivity contribution in [1.29, 1.82) is 0 Å². The number of benzene rings is 2. The van der Waals surface area contributed by atoms with E-state index in [4.69, 9.17) is 9.26 Å². The molecule has 7 nitrogen and oxygen atoms in total. The normalized spacial score (nSPS) is 17.0.